The van der Waals surface area contributed by atoms with E-state index in [1.165, 1.54) is 18.2 Å². The Balaban J connectivity index is 2.31. The van der Waals surface area contributed by atoms with Crippen LogP contribution in [-0.4, -0.2) is 10.5 Å². The fourth-order valence-corrected chi connectivity index (χ4v) is 2.39. The first-order chi connectivity index (χ1) is 9.52. The number of halogens is 3. The predicted octanol–water partition coefficient (Wildman–Crippen LogP) is 3.05. The van der Waals surface area contributed by atoms with Gasteiger partial charge in [-0.2, -0.15) is 0 Å². The van der Waals surface area contributed by atoms with Crippen LogP contribution < -0.4 is 4.72 Å². The van der Waals surface area contributed by atoms with Crippen molar-refractivity contribution in [2.75, 3.05) is 4.72 Å². The molecule has 0 radical (unpaired) electrons. The summed E-state index contributed by atoms with van der Waals surface area (Å²) in [6.07, 6.45) is 0.0287. The molecule has 0 saturated heterocycles. The Labute approximate surface area is 115 Å². The molecule has 0 heterocycles. The highest BCUT2D eigenvalue weighted by Gasteiger charge is 2.15. The summed E-state index contributed by atoms with van der Waals surface area (Å²) in [6.45, 7) is 0. The lowest BCUT2D eigenvalue weighted by Crippen LogP contribution is -2.08. The fraction of sp³-hybridized carbons (Fsp3) is 0. The predicted molar refractivity (Wildman–Crippen MR) is 68.2 cm³/mol. The minimum Gasteiger partial charge on any atom is -0.298 e. The number of benzene rings is 2. The highest BCUT2D eigenvalue weighted by Crippen LogP contribution is 2.21. The van der Waals surface area contributed by atoms with Gasteiger partial charge in [-0.1, -0.05) is 6.07 Å². The molecule has 2 aromatic carbocycles. The third-order valence-electron chi connectivity index (χ3n) is 2.46. The van der Waals surface area contributed by atoms with Gasteiger partial charge in [-0.25, -0.2) is 17.4 Å². The van der Waals surface area contributed by atoms with E-state index in [-0.39, 0.29) is 16.9 Å². The van der Waals surface area contributed by atoms with Crippen molar-refractivity contribution in [3.63, 3.8) is 0 Å². The van der Waals surface area contributed by atoms with Crippen LogP contribution in [0.2, 0.25) is 0 Å². The maximum atomic E-state index is 13.7. The van der Waals surface area contributed by atoms with E-state index in [0.717, 1.165) is 18.2 Å². The van der Waals surface area contributed by atoms with Gasteiger partial charge in [0, 0.05) is 0 Å². The molecule has 0 fully saturated rings. The van der Waals surface area contributed by atoms with Crippen LogP contribution in [0.4, 0.5) is 18.9 Å². The summed E-state index contributed by atoms with van der Waals surface area (Å²) >= 11 is 0. The van der Waals surface area contributed by atoms with Gasteiger partial charge in [0.05, 0.1) is 16.1 Å². The molecular formula is C13H8F3NO2S. The molecule has 0 bridgehead atoms. The summed E-state index contributed by atoms with van der Waals surface area (Å²) in [5.74, 6) is -2.75. The van der Waals surface area contributed by atoms with E-state index in [0.29, 0.717) is 0 Å². The second-order valence-electron chi connectivity index (χ2n) is 3.77. The Bertz CT molecular complexity index is 691. The molecule has 0 aliphatic rings. The number of rotatable bonds is 4. The van der Waals surface area contributed by atoms with Gasteiger partial charge in [-0.05, 0) is 30.3 Å². The average molecular weight is 299 g/mol. The van der Waals surface area contributed by atoms with Crippen LogP contribution in [0.1, 0.15) is 10.4 Å². The van der Waals surface area contributed by atoms with Crippen molar-refractivity contribution in [1.29, 1.82) is 0 Å². The summed E-state index contributed by atoms with van der Waals surface area (Å²) in [6, 6.07) is 6.80. The number of anilines is 1. The van der Waals surface area contributed by atoms with Crippen LogP contribution in [-0.2, 0) is 11.0 Å². The molecule has 2 rings (SSSR count). The lowest BCUT2D eigenvalue weighted by molar-refractivity contribution is 0.111. The van der Waals surface area contributed by atoms with E-state index in [1.54, 1.807) is 0 Å². The summed E-state index contributed by atoms with van der Waals surface area (Å²) in [5.41, 5.74) is -1.07. The number of aldehydes is 1. The van der Waals surface area contributed by atoms with Crippen molar-refractivity contribution in [1.82, 2.24) is 0 Å². The van der Waals surface area contributed by atoms with Gasteiger partial charge in [0.1, 0.15) is 22.6 Å². The Hall–Kier alpha value is -2.15. The summed E-state index contributed by atoms with van der Waals surface area (Å²) < 4.78 is 54.0. The molecule has 1 atom stereocenters. The molecule has 2 aromatic rings. The van der Waals surface area contributed by atoms with E-state index in [2.05, 4.69) is 4.72 Å². The lowest BCUT2D eigenvalue weighted by atomic mass is 10.2. The van der Waals surface area contributed by atoms with Crippen molar-refractivity contribution in [2.24, 2.45) is 0 Å². The van der Waals surface area contributed by atoms with Crippen LogP contribution in [0.5, 0.6) is 0 Å². The zero-order valence-electron chi connectivity index (χ0n) is 9.90. The Kier molecular flexibility index (Phi) is 4.19. The monoisotopic (exact) mass is 299 g/mol. The van der Waals surface area contributed by atoms with Gasteiger partial charge in [0.25, 0.3) is 0 Å². The normalized spacial score (nSPS) is 11.9. The van der Waals surface area contributed by atoms with Crippen molar-refractivity contribution in [2.45, 2.75) is 4.90 Å². The van der Waals surface area contributed by atoms with Crippen LogP contribution in [0.15, 0.2) is 41.3 Å². The molecule has 104 valence electrons. The number of carbonyl (C=O) groups is 1. The zero-order valence-corrected chi connectivity index (χ0v) is 10.7. The first kappa shape index (κ1) is 14.3. The van der Waals surface area contributed by atoms with Crippen LogP contribution in [0.25, 0.3) is 0 Å². The minimum absolute atomic E-state index is 0.0287. The molecule has 0 spiro atoms. The smallest absolute Gasteiger partial charge is 0.160 e. The number of hydrogen-bond acceptors (Lipinski definition) is 2. The largest absolute Gasteiger partial charge is 0.298 e. The summed E-state index contributed by atoms with van der Waals surface area (Å²) in [7, 11) is -1.94. The first-order valence-corrected chi connectivity index (χ1v) is 6.55. The second-order valence-corrected chi connectivity index (χ2v) is 4.98. The third kappa shape index (κ3) is 2.88. The lowest BCUT2D eigenvalue weighted by Gasteiger charge is -2.08. The van der Waals surface area contributed by atoms with Gasteiger partial charge < -0.3 is 0 Å². The molecule has 0 amide bonds. The Morgan fingerprint density at radius 1 is 1.10 bits per heavy atom. The Morgan fingerprint density at radius 3 is 2.50 bits per heavy atom. The Morgan fingerprint density at radius 2 is 1.85 bits per heavy atom. The van der Waals surface area contributed by atoms with Crippen molar-refractivity contribution >= 4 is 23.0 Å². The number of carbonyl (C=O) groups excluding carboxylic acids is 1. The van der Waals surface area contributed by atoms with E-state index >= 15 is 0 Å². The molecule has 1 unspecified atom stereocenters. The second kappa shape index (κ2) is 5.87. The third-order valence-corrected chi connectivity index (χ3v) is 3.54. The highest BCUT2D eigenvalue weighted by molar-refractivity contribution is 7.86. The summed E-state index contributed by atoms with van der Waals surface area (Å²) in [5, 5.41) is 0. The standard InChI is InChI=1S/C13H8F3NO2S/c14-8-2-1-3-9(6-8)20(19)17-12-5-4-11(15)10(7-18)13(12)16/h1-7,17H. The van der Waals surface area contributed by atoms with Crippen LogP contribution >= 0.6 is 0 Å². The SMILES string of the molecule is O=Cc1c(F)ccc(NS(=O)c2cccc(F)c2)c1F. The molecule has 0 aromatic heterocycles. The topological polar surface area (TPSA) is 46.2 Å². The van der Waals surface area contributed by atoms with E-state index in [1.807, 2.05) is 0 Å². The molecule has 20 heavy (non-hydrogen) atoms. The van der Waals surface area contributed by atoms with E-state index in [4.69, 9.17) is 0 Å². The quantitative estimate of drug-likeness (QED) is 0.882. The van der Waals surface area contributed by atoms with E-state index in [9.17, 15) is 22.2 Å². The van der Waals surface area contributed by atoms with Gasteiger partial charge in [-0.15, -0.1) is 0 Å². The minimum atomic E-state index is -1.94. The average Bonchev–Trinajstić information content (AvgIpc) is 2.42. The first-order valence-electron chi connectivity index (χ1n) is 5.40. The van der Waals surface area contributed by atoms with E-state index < -0.39 is 34.0 Å². The molecule has 7 heteroatoms. The van der Waals surface area contributed by atoms with Gasteiger partial charge in [0.15, 0.2) is 12.1 Å². The van der Waals surface area contributed by atoms with Gasteiger partial charge >= 0.3 is 0 Å². The molecular weight excluding hydrogens is 291 g/mol. The molecule has 1 N–H and O–H groups in total. The van der Waals surface area contributed by atoms with Crippen molar-refractivity contribution < 1.29 is 22.2 Å². The fourth-order valence-electron chi connectivity index (χ4n) is 1.50. The summed E-state index contributed by atoms with van der Waals surface area (Å²) in [4.78, 5) is 10.7. The van der Waals surface area contributed by atoms with Gasteiger partial charge in [-0.3, -0.25) is 9.52 Å². The molecule has 0 aliphatic heterocycles. The van der Waals surface area contributed by atoms with Gasteiger partial charge in [0.2, 0.25) is 0 Å². The number of hydrogen-bond donors (Lipinski definition) is 1. The van der Waals surface area contributed by atoms with Crippen LogP contribution in [0, 0.1) is 17.5 Å². The van der Waals surface area contributed by atoms with Crippen LogP contribution in [0.3, 0.4) is 0 Å². The molecule has 0 saturated carbocycles. The zero-order chi connectivity index (χ0) is 14.7. The maximum absolute atomic E-state index is 13.7. The molecule has 0 aliphatic carbocycles. The highest BCUT2D eigenvalue weighted by atomic mass is 32.2. The number of nitrogens with one attached hydrogen (secondary N) is 1. The van der Waals surface area contributed by atoms with Crippen molar-refractivity contribution in [3.8, 4) is 0 Å². The maximum Gasteiger partial charge on any atom is 0.160 e. The molecule has 3 nitrogen and oxygen atoms in total. The van der Waals surface area contributed by atoms with Crippen molar-refractivity contribution in [3.05, 3.63) is 59.4 Å².